The predicted molar refractivity (Wildman–Crippen MR) is 28.9 cm³/mol. The molecule has 1 rings (SSSR count). The number of nitrogens with one attached hydrogen (secondary N) is 1. The van der Waals surface area contributed by atoms with E-state index in [4.69, 9.17) is 0 Å². The van der Waals surface area contributed by atoms with Crippen molar-refractivity contribution < 1.29 is 18.3 Å². The summed E-state index contributed by atoms with van der Waals surface area (Å²) in [5.74, 6) is 0. The zero-order valence-corrected chi connectivity index (χ0v) is 5.14. The molecule has 0 aromatic heterocycles. The molecule has 0 saturated carbocycles. The average Bonchev–Trinajstić information content (AvgIpc) is 1.88. The lowest BCUT2D eigenvalue weighted by atomic mass is 10.2. The highest BCUT2D eigenvalue weighted by atomic mass is 19.3. The van der Waals surface area contributed by atoms with Gasteiger partial charge in [0.25, 0.3) is 6.43 Å². The Labute approximate surface area is 56.3 Å². The van der Waals surface area contributed by atoms with Gasteiger partial charge in [-0.25, -0.2) is 13.6 Å². The van der Waals surface area contributed by atoms with Gasteiger partial charge in [0.1, 0.15) is 0 Å². The van der Waals surface area contributed by atoms with E-state index in [0.717, 1.165) is 0 Å². The minimum Gasteiger partial charge on any atom is -0.449 e. The molecule has 1 N–H and O–H groups in total. The van der Waals surface area contributed by atoms with Crippen molar-refractivity contribution in [3.8, 4) is 0 Å². The lowest BCUT2D eigenvalue weighted by molar-refractivity contribution is 0.0482. The van der Waals surface area contributed by atoms with E-state index in [9.17, 15) is 13.6 Å². The first-order valence-corrected chi connectivity index (χ1v) is 2.91. The van der Waals surface area contributed by atoms with Gasteiger partial charge < -0.3 is 10.1 Å². The number of alkyl halides is 2. The number of carbonyl (C=O) groups excluding carboxylic acids is 1. The maximum Gasteiger partial charge on any atom is 0.407 e. The summed E-state index contributed by atoms with van der Waals surface area (Å²) < 4.78 is 28.0. The van der Waals surface area contributed by atoms with Crippen molar-refractivity contribution in [3.63, 3.8) is 0 Å². The minimum absolute atomic E-state index is 0.0842. The molecule has 1 heterocycles. The van der Waals surface area contributed by atoms with E-state index in [2.05, 4.69) is 4.74 Å². The third kappa shape index (κ3) is 1.55. The van der Waals surface area contributed by atoms with Gasteiger partial charge in [0.15, 0.2) is 0 Å². The van der Waals surface area contributed by atoms with Crippen molar-refractivity contribution in [2.24, 2.45) is 0 Å². The van der Waals surface area contributed by atoms with E-state index in [1.807, 2.05) is 5.32 Å². The molecule has 58 valence electrons. The first-order chi connectivity index (χ1) is 4.70. The number of ether oxygens (including phenoxy) is 1. The van der Waals surface area contributed by atoms with Crippen molar-refractivity contribution in [1.29, 1.82) is 0 Å². The maximum atomic E-state index is 11.8. The number of alkyl carbamates (subject to hydrolysis) is 1. The molecular formula is C5H7F2NO2. The van der Waals surface area contributed by atoms with Crippen LogP contribution in [-0.4, -0.2) is 25.2 Å². The highest BCUT2D eigenvalue weighted by molar-refractivity contribution is 5.68. The highest BCUT2D eigenvalue weighted by Gasteiger charge is 2.26. The second-order valence-electron chi connectivity index (χ2n) is 2.01. The molecule has 1 saturated heterocycles. The molecular weight excluding hydrogens is 144 g/mol. The summed E-state index contributed by atoms with van der Waals surface area (Å²) in [5.41, 5.74) is 0. The van der Waals surface area contributed by atoms with Gasteiger partial charge in [0.2, 0.25) is 0 Å². The fourth-order valence-corrected chi connectivity index (χ4v) is 0.733. The molecule has 3 nitrogen and oxygen atoms in total. The second-order valence-corrected chi connectivity index (χ2v) is 2.01. The number of cyclic esters (lactones) is 1. The van der Waals surface area contributed by atoms with Crippen molar-refractivity contribution in [3.05, 3.63) is 0 Å². The van der Waals surface area contributed by atoms with Crippen molar-refractivity contribution in [2.75, 3.05) is 6.61 Å². The van der Waals surface area contributed by atoms with Crippen LogP contribution in [0.2, 0.25) is 0 Å². The highest BCUT2D eigenvalue weighted by Crippen LogP contribution is 2.09. The quantitative estimate of drug-likeness (QED) is 0.600. The first kappa shape index (κ1) is 7.24. The van der Waals surface area contributed by atoms with Gasteiger partial charge in [-0.3, -0.25) is 0 Å². The molecule has 10 heavy (non-hydrogen) atoms. The van der Waals surface area contributed by atoms with Gasteiger partial charge in [0, 0.05) is 6.42 Å². The fourth-order valence-electron chi connectivity index (χ4n) is 0.733. The van der Waals surface area contributed by atoms with Crippen molar-refractivity contribution >= 4 is 6.09 Å². The fraction of sp³-hybridized carbons (Fsp3) is 0.800. The van der Waals surface area contributed by atoms with Crippen LogP contribution in [0.4, 0.5) is 13.6 Å². The van der Waals surface area contributed by atoms with Crippen LogP contribution in [0.15, 0.2) is 0 Å². The Balaban J connectivity index is 2.39. The normalized spacial score (nSPS) is 25.9. The molecule has 0 radical (unpaired) electrons. The third-order valence-corrected chi connectivity index (χ3v) is 1.27. The van der Waals surface area contributed by atoms with Gasteiger partial charge in [0.05, 0.1) is 12.6 Å². The Morgan fingerprint density at radius 2 is 2.40 bits per heavy atom. The number of hydrogen-bond acceptors (Lipinski definition) is 2. The summed E-state index contributed by atoms with van der Waals surface area (Å²) in [6.07, 6.45) is -3.06. The zero-order valence-electron chi connectivity index (χ0n) is 5.14. The van der Waals surface area contributed by atoms with Gasteiger partial charge in [-0.2, -0.15) is 0 Å². The van der Waals surface area contributed by atoms with Crippen LogP contribution in [0, 0.1) is 0 Å². The Morgan fingerprint density at radius 1 is 1.70 bits per heavy atom. The average molecular weight is 151 g/mol. The summed E-state index contributed by atoms with van der Waals surface area (Å²) in [6, 6.07) is -1.03. The third-order valence-electron chi connectivity index (χ3n) is 1.27. The minimum atomic E-state index is -2.49. The summed E-state index contributed by atoms with van der Waals surface area (Å²) in [5, 5.41) is 2.00. The Kier molecular flexibility index (Phi) is 2.03. The zero-order chi connectivity index (χ0) is 7.56. The van der Waals surface area contributed by atoms with Gasteiger partial charge in [-0.15, -0.1) is 0 Å². The molecule has 0 spiro atoms. The Hall–Kier alpha value is -0.870. The number of hydrogen-bond donors (Lipinski definition) is 1. The van der Waals surface area contributed by atoms with E-state index in [1.54, 1.807) is 0 Å². The summed E-state index contributed by atoms with van der Waals surface area (Å²) in [4.78, 5) is 10.3. The van der Waals surface area contributed by atoms with Gasteiger partial charge >= 0.3 is 6.09 Å². The number of carbonyl (C=O) groups is 1. The number of amides is 1. The van der Waals surface area contributed by atoms with Crippen LogP contribution in [0.3, 0.4) is 0 Å². The van der Waals surface area contributed by atoms with Crippen LogP contribution in [0.5, 0.6) is 0 Å². The van der Waals surface area contributed by atoms with Crippen LogP contribution < -0.4 is 5.32 Å². The molecule has 5 heteroatoms. The van der Waals surface area contributed by atoms with E-state index in [0.29, 0.717) is 0 Å². The Morgan fingerprint density at radius 3 is 2.80 bits per heavy atom. The standard InChI is InChI=1S/C5H7F2NO2/c6-4(7)3-1-2-10-5(9)8-3/h3-4H,1-2H2,(H,8,9). The van der Waals surface area contributed by atoms with E-state index in [1.165, 1.54) is 0 Å². The first-order valence-electron chi connectivity index (χ1n) is 2.91. The Bertz CT molecular complexity index is 140. The predicted octanol–water partition coefficient (Wildman–Crippen LogP) is 0.750. The summed E-state index contributed by atoms with van der Waals surface area (Å²) in [6.45, 7) is 0.0842. The number of rotatable bonds is 1. The molecule has 1 amide bonds. The topological polar surface area (TPSA) is 38.3 Å². The second kappa shape index (κ2) is 2.81. The molecule has 0 aliphatic carbocycles. The molecule has 1 aliphatic rings. The van der Waals surface area contributed by atoms with Crippen LogP contribution in [0.25, 0.3) is 0 Å². The number of halogens is 2. The van der Waals surface area contributed by atoms with Crippen molar-refractivity contribution in [1.82, 2.24) is 5.32 Å². The molecule has 0 bridgehead atoms. The largest absolute Gasteiger partial charge is 0.449 e. The maximum absolute atomic E-state index is 11.8. The molecule has 0 aromatic carbocycles. The SMILES string of the molecule is O=C1NC(C(F)F)CCO1. The molecule has 1 atom stereocenters. The van der Waals surface area contributed by atoms with E-state index in [-0.39, 0.29) is 13.0 Å². The lowest BCUT2D eigenvalue weighted by Gasteiger charge is -2.21. The van der Waals surface area contributed by atoms with E-state index >= 15 is 0 Å². The summed E-state index contributed by atoms with van der Waals surface area (Å²) >= 11 is 0. The molecule has 1 aliphatic heterocycles. The summed E-state index contributed by atoms with van der Waals surface area (Å²) in [7, 11) is 0. The molecule has 1 unspecified atom stereocenters. The lowest BCUT2D eigenvalue weighted by Crippen LogP contribution is -2.45. The van der Waals surface area contributed by atoms with Gasteiger partial charge in [-0.1, -0.05) is 0 Å². The smallest absolute Gasteiger partial charge is 0.407 e. The van der Waals surface area contributed by atoms with E-state index < -0.39 is 18.6 Å². The van der Waals surface area contributed by atoms with Crippen molar-refractivity contribution in [2.45, 2.75) is 18.9 Å². The molecule has 1 fully saturated rings. The monoisotopic (exact) mass is 151 g/mol. The van der Waals surface area contributed by atoms with Crippen LogP contribution >= 0.6 is 0 Å². The van der Waals surface area contributed by atoms with Crippen LogP contribution in [0.1, 0.15) is 6.42 Å². The van der Waals surface area contributed by atoms with Crippen LogP contribution in [-0.2, 0) is 4.74 Å². The van der Waals surface area contributed by atoms with Gasteiger partial charge in [-0.05, 0) is 0 Å². The molecule has 0 aromatic rings.